The minimum atomic E-state index is 1.14. The van der Waals surface area contributed by atoms with Gasteiger partial charge in [0.05, 0.1) is 11.0 Å². The van der Waals surface area contributed by atoms with Crippen molar-refractivity contribution in [3.8, 4) is 5.69 Å². The molecule has 5 aromatic carbocycles. The summed E-state index contributed by atoms with van der Waals surface area (Å²) in [5, 5.41) is 2.56. The molecule has 2 heteroatoms. The second kappa shape index (κ2) is 7.99. The minimum absolute atomic E-state index is 1.14. The molecule has 0 saturated heterocycles. The van der Waals surface area contributed by atoms with Gasteiger partial charge in [-0.25, -0.2) is 0 Å². The van der Waals surface area contributed by atoms with E-state index >= 15 is 0 Å². The van der Waals surface area contributed by atoms with Gasteiger partial charge in [-0.2, -0.15) is 0 Å². The summed E-state index contributed by atoms with van der Waals surface area (Å²) in [7, 11) is 0. The Kier molecular flexibility index (Phi) is 4.70. The summed E-state index contributed by atoms with van der Waals surface area (Å²) in [5.74, 6) is 0. The average molecular weight is 425 g/mol. The van der Waals surface area contributed by atoms with Crippen LogP contribution in [0.25, 0.3) is 27.5 Å². The van der Waals surface area contributed by atoms with Crippen molar-refractivity contribution in [3.63, 3.8) is 0 Å². The van der Waals surface area contributed by atoms with Crippen molar-refractivity contribution in [3.05, 3.63) is 133 Å². The standard InChI is InChI=1S/C31H24N2/c1-23-10-9-13-27(22-23)32(24-11-3-2-4-12-24)25-18-20-26(21-19-25)33-30-16-7-5-14-28(30)29-15-6-8-17-31(29)33/h2-22H,1H3. The van der Waals surface area contributed by atoms with Crippen LogP contribution in [0.3, 0.4) is 0 Å². The fourth-order valence-electron chi connectivity index (χ4n) is 4.74. The summed E-state index contributed by atoms with van der Waals surface area (Å²) in [6, 6.07) is 45.3. The Balaban J connectivity index is 1.50. The maximum absolute atomic E-state index is 2.36. The number of anilines is 3. The van der Waals surface area contributed by atoms with Crippen molar-refractivity contribution < 1.29 is 0 Å². The lowest BCUT2D eigenvalue weighted by molar-refractivity contribution is 1.17. The van der Waals surface area contributed by atoms with Gasteiger partial charge in [-0.1, -0.05) is 66.7 Å². The highest BCUT2D eigenvalue weighted by Crippen LogP contribution is 2.36. The van der Waals surface area contributed by atoms with E-state index in [2.05, 4.69) is 144 Å². The highest BCUT2D eigenvalue weighted by Gasteiger charge is 2.14. The summed E-state index contributed by atoms with van der Waals surface area (Å²) >= 11 is 0. The number of nitrogens with zero attached hydrogens (tertiary/aromatic N) is 2. The number of aryl methyl sites for hydroxylation is 1. The number of para-hydroxylation sites is 3. The number of aromatic nitrogens is 1. The summed E-state index contributed by atoms with van der Waals surface area (Å²) in [6.45, 7) is 2.14. The third kappa shape index (κ3) is 3.37. The summed E-state index contributed by atoms with van der Waals surface area (Å²) in [5.41, 5.74) is 8.30. The molecule has 0 fully saturated rings. The van der Waals surface area contributed by atoms with E-state index in [0.29, 0.717) is 0 Å². The summed E-state index contributed by atoms with van der Waals surface area (Å²) < 4.78 is 2.36. The van der Waals surface area contributed by atoms with E-state index in [1.807, 2.05) is 0 Å². The van der Waals surface area contributed by atoms with Crippen LogP contribution in [0.1, 0.15) is 5.56 Å². The number of benzene rings is 5. The minimum Gasteiger partial charge on any atom is -0.310 e. The molecule has 0 unspecified atom stereocenters. The molecule has 1 heterocycles. The molecule has 1 aromatic heterocycles. The van der Waals surface area contributed by atoms with E-state index in [1.165, 1.54) is 27.4 Å². The van der Waals surface area contributed by atoms with Gasteiger partial charge in [-0.15, -0.1) is 0 Å². The molecule has 158 valence electrons. The van der Waals surface area contributed by atoms with Gasteiger partial charge in [-0.05, 0) is 73.2 Å². The lowest BCUT2D eigenvalue weighted by atomic mass is 10.1. The highest BCUT2D eigenvalue weighted by atomic mass is 15.1. The lowest BCUT2D eigenvalue weighted by Gasteiger charge is -2.26. The molecule has 0 bridgehead atoms. The Bertz CT molecular complexity index is 1510. The first kappa shape index (κ1) is 19.4. The molecule has 0 aliphatic rings. The first-order chi connectivity index (χ1) is 16.3. The smallest absolute Gasteiger partial charge is 0.0541 e. The fraction of sp³-hybridized carbons (Fsp3) is 0.0323. The second-order valence-electron chi connectivity index (χ2n) is 8.40. The van der Waals surface area contributed by atoms with Crippen LogP contribution >= 0.6 is 0 Å². The second-order valence-corrected chi connectivity index (χ2v) is 8.40. The van der Waals surface area contributed by atoms with E-state index in [0.717, 1.165) is 22.7 Å². The van der Waals surface area contributed by atoms with Crippen LogP contribution in [-0.4, -0.2) is 4.57 Å². The molecule has 2 nitrogen and oxygen atoms in total. The molecule has 0 N–H and O–H groups in total. The predicted octanol–water partition coefficient (Wildman–Crippen LogP) is 8.56. The maximum atomic E-state index is 2.36. The molecule has 0 radical (unpaired) electrons. The van der Waals surface area contributed by atoms with E-state index in [4.69, 9.17) is 0 Å². The van der Waals surface area contributed by atoms with Crippen LogP contribution in [0.4, 0.5) is 17.1 Å². The number of hydrogen-bond acceptors (Lipinski definition) is 1. The van der Waals surface area contributed by atoms with Gasteiger partial charge in [0, 0.05) is 33.5 Å². The molecule has 0 atom stereocenters. The van der Waals surface area contributed by atoms with Crippen LogP contribution in [0.5, 0.6) is 0 Å². The monoisotopic (exact) mass is 424 g/mol. The van der Waals surface area contributed by atoms with E-state index < -0.39 is 0 Å². The van der Waals surface area contributed by atoms with Gasteiger partial charge in [0.15, 0.2) is 0 Å². The lowest BCUT2D eigenvalue weighted by Crippen LogP contribution is -2.10. The zero-order chi connectivity index (χ0) is 22.2. The van der Waals surface area contributed by atoms with Crippen LogP contribution in [-0.2, 0) is 0 Å². The Labute approximate surface area is 194 Å². The number of rotatable bonds is 4. The summed E-state index contributed by atoms with van der Waals surface area (Å²) in [6.07, 6.45) is 0. The molecular formula is C31H24N2. The predicted molar refractivity (Wildman–Crippen MR) is 140 cm³/mol. The molecule has 0 saturated carbocycles. The quantitative estimate of drug-likeness (QED) is 0.275. The Morgan fingerprint density at radius 1 is 0.485 bits per heavy atom. The van der Waals surface area contributed by atoms with Gasteiger partial charge in [-0.3, -0.25) is 0 Å². The van der Waals surface area contributed by atoms with Gasteiger partial charge >= 0.3 is 0 Å². The fourth-order valence-corrected chi connectivity index (χ4v) is 4.74. The van der Waals surface area contributed by atoms with Crippen molar-refractivity contribution in [1.82, 2.24) is 4.57 Å². The first-order valence-electron chi connectivity index (χ1n) is 11.3. The van der Waals surface area contributed by atoms with Crippen molar-refractivity contribution in [2.24, 2.45) is 0 Å². The van der Waals surface area contributed by atoms with Crippen LogP contribution in [0.15, 0.2) is 127 Å². The molecule has 0 spiro atoms. The molecule has 6 rings (SSSR count). The number of hydrogen-bond donors (Lipinski definition) is 0. The largest absolute Gasteiger partial charge is 0.310 e. The van der Waals surface area contributed by atoms with Gasteiger partial charge in [0.25, 0.3) is 0 Å². The van der Waals surface area contributed by atoms with Crippen LogP contribution in [0, 0.1) is 6.92 Å². The topological polar surface area (TPSA) is 8.17 Å². The third-order valence-corrected chi connectivity index (χ3v) is 6.22. The van der Waals surface area contributed by atoms with E-state index in [1.54, 1.807) is 0 Å². The molecule has 0 aliphatic carbocycles. The van der Waals surface area contributed by atoms with Gasteiger partial charge in [0.2, 0.25) is 0 Å². The van der Waals surface area contributed by atoms with Crippen molar-refractivity contribution in [1.29, 1.82) is 0 Å². The Morgan fingerprint density at radius 3 is 1.67 bits per heavy atom. The Morgan fingerprint density at radius 2 is 1.03 bits per heavy atom. The molecular weight excluding hydrogens is 400 g/mol. The van der Waals surface area contributed by atoms with Crippen molar-refractivity contribution in [2.45, 2.75) is 6.92 Å². The normalized spacial score (nSPS) is 11.2. The maximum Gasteiger partial charge on any atom is 0.0541 e. The summed E-state index contributed by atoms with van der Waals surface area (Å²) in [4.78, 5) is 2.31. The first-order valence-corrected chi connectivity index (χ1v) is 11.3. The molecule has 6 aromatic rings. The van der Waals surface area contributed by atoms with Crippen LogP contribution < -0.4 is 4.90 Å². The van der Waals surface area contributed by atoms with E-state index in [9.17, 15) is 0 Å². The zero-order valence-corrected chi connectivity index (χ0v) is 18.5. The Hall–Kier alpha value is -4.30. The highest BCUT2D eigenvalue weighted by molar-refractivity contribution is 6.09. The average Bonchev–Trinajstić information content (AvgIpc) is 3.20. The zero-order valence-electron chi connectivity index (χ0n) is 18.5. The van der Waals surface area contributed by atoms with Crippen molar-refractivity contribution >= 4 is 38.9 Å². The van der Waals surface area contributed by atoms with Crippen LogP contribution in [0.2, 0.25) is 0 Å². The number of fused-ring (bicyclic) bond motifs is 3. The molecule has 33 heavy (non-hydrogen) atoms. The van der Waals surface area contributed by atoms with E-state index in [-0.39, 0.29) is 0 Å². The molecule has 0 amide bonds. The van der Waals surface area contributed by atoms with Gasteiger partial charge in [0.1, 0.15) is 0 Å². The SMILES string of the molecule is Cc1cccc(N(c2ccccc2)c2ccc(-n3c4ccccc4c4ccccc43)cc2)c1. The van der Waals surface area contributed by atoms with Gasteiger partial charge < -0.3 is 9.47 Å². The third-order valence-electron chi connectivity index (χ3n) is 6.22. The van der Waals surface area contributed by atoms with Crippen molar-refractivity contribution in [2.75, 3.05) is 4.90 Å². The molecule has 0 aliphatic heterocycles.